The van der Waals surface area contributed by atoms with Crippen LogP contribution in [0.2, 0.25) is 0 Å². The van der Waals surface area contributed by atoms with E-state index in [1.54, 1.807) is 11.3 Å². The van der Waals surface area contributed by atoms with E-state index in [0.717, 1.165) is 16.3 Å². The first-order valence-electron chi connectivity index (χ1n) is 7.21. The molecule has 0 aliphatic carbocycles. The number of carbonyl (C=O) groups excluding carboxylic acids is 1. The molecular weight excluding hydrogens is 326 g/mol. The minimum atomic E-state index is -0.196. The summed E-state index contributed by atoms with van der Waals surface area (Å²) in [6.45, 7) is 2.01. The monoisotopic (exact) mass is 341 g/mol. The number of hydrogen-bond acceptors (Lipinski definition) is 5. The average Bonchev–Trinajstić information content (AvgIpc) is 3.23. The Kier molecular flexibility index (Phi) is 4.95. The van der Waals surface area contributed by atoms with Gasteiger partial charge in [0.25, 0.3) is 0 Å². The maximum Gasteiger partial charge on any atom is 0.250 e. The number of aromatic nitrogens is 2. The zero-order valence-corrected chi connectivity index (χ0v) is 14.2. The molecule has 0 spiro atoms. The summed E-state index contributed by atoms with van der Waals surface area (Å²) >= 11 is 3.05. The molecule has 0 aliphatic rings. The van der Waals surface area contributed by atoms with Gasteiger partial charge in [-0.25, -0.2) is 0 Å². The second-order valence-electron chi connectivity index (χ2n) is 4.75. The molecule has 23 heavy (non-hydrogen) atoms. The fraction of sp³-hybridized carbons (Fsp3) is 0.118. The second-order valence-corrected chi connectivity index (χ2v) is 6.92. The van der Waals surface area contributed by atoms with Gasteiger partial charge in [0.2, 0.25) is 11.0 Å². The van der Waals surface area contributed by atoms with Gasteiger partial charge in [-0.15, -0.1) is 21.5 Å². The van der Waals surface area contributed by atoms with Gasteiger partial charge in [-0.05, 0) is 30.2 Å². The SMILES string of the molecule is CCc1nnc(NC(=O)C=Cc2ccc(-c3ccccc3)s2)s1. The molecular formula is C17H15N3OS2. The highest BCUT2D eigenvalue weighted by Gasteiger charge is 2.05. The molecule has 0 aliphatic heterocycles. The Morgan fingerprint density at radius 3 is 2.70 bits per heavy atom. The van der Waals surface area contributed by atoms with Gasteiger partial charge in [0, 0.05) is 15.8 Å². The first kappa shape index (κ1) is 15.6. The third-order valence-electron chi connectivity index (χ3n) is 3.08. The predicted octanol–water partition coefficient (Wildman–Crippen LogP) is 4.48. The topological polar surface area (TPSA) is 54.9 Å². The van der Waals surface area contributed by atoms with E-state index in [9.17, 15) is 4.79 Å². The average molecular weight is 341 g/mol. The molecule has 0 saturated heterocycles. The number of benzene rings is 1. The van der Waals surface area contributed by atoms with Crippen molar-refractivity contribution in [2.45, 2.75) is 13.3 Å². The van der Waals surface area contributed by atoms with Crippen LogP contribution in [-0.4, -0.2) is 16.1 Å². The third kappa shape index (κ3) is 4.12. The summed E-state index contributed by atoms with van der Waals surface area (Å²) in [6, 6.07) is 14.3. The van der Waals surface area contributed by atoms with E-state index >= 15 is 0 Å². The largest absolute Gasteiger partial charge is 0.297 e. The molecule has 6 heteroatoms. The number of nitrogens with one attached hydrogen (secondary N) is 1. The fourth-order valence-corrected chi connectivity index (χ4v) is 3.55. The molecule has 3 rings (SSSR count). The molecule has 0 unspecified atom stereocenters. The highest BCUT2D eigenvalue weighted by molar-refractivity contribution is 7.16. The Morgan fingerprint density at radius 1 is 1.13 bits per heavy atom. The Morgan fingerprint density at radius 2 is 1.96 bits per heavy atom. The minimum absolute atomic E-state index is 0.196. The predicted molar refractivity (Wildman–Crippen MR) is 96.7 cm³/mol. The Labute approximate surface area is 142 Å². The Hall–Kier alpha value is -2.31. The summed E-state index contributed by atoms with van der Waals surface area (Å²) < 4.78 is 0. The summed E-state index contributed by atoms with van der Waals surface area (Å²) in [5, 5.41) is 12.1. The van der Waals surface area contributed by atoms with Crippen molar-refractivity contribution in [3.63, 3.8) is 0 Å². The van der Waals surface area contributed by atoms with E-state index in [2.05, 4.69) is 33.7 Å². The van der Waals surface area contributed by atoms with Crippen molar-refractivity contribution in [3.05, 3.63) is 58.4 Å². The van der Waals surface area contributed by atoms with E-state index in [0.29, 0.717) is 5.13 Å². The summed E-state index contributed by atoms with van der Waals surface area (Å²) in [6.07, 6.45) is 4.16. The number of thiophene rings is 1. The first-order chi connectivity index (χ1) is 11.2. The molecule has 1 amide bonds. The maximum atomic E-state index is 11.9. The molecule has 1 aromatic carbocycles. The smallest absolute Gasteiger partial charge is 0.250 e. The van der Waals surface area contributed by atoms with Gasteiger partial charge < -0.3 is 0 Å². The zero-order valence-electron chi connectivity index (χ0n) is 12.5. The molecule has 1 N–H and O–H groups in total. The third-order valence-corrected chi connectivity index (χ3v) is 5.17. The lowest BCUT2D eigenvalue weighted by atomic mass is 10.2. The van der Waals surface area contributed by atoms with Crippen LogP contribution in [0.3, 0.4) is 0 Å². The van der Waals surface area contributed by atoms with Crippen LogP contribution in [0.1, 0.15) is 16.8 Å². The van der Waals surface area contributed by atoms with Crippen molar-refractivity contribution in [3.8, 4) is 10.4 Å². The van der Waals surface area contributed by atoms with Crippen molar-refractivity contribution >= 4 is 39.8 Å². The van der Waals surface area contributed by atoms with E-state index < -0.39 is 0 Å². The van der Waals surface area contributed by atoms with Gasteiger partial charge in [0.1, 0.15) is 5.01 Å². The number of amides is 1. The van der Waals surface area contributed by atoms with Crippen molar-refractivity contribution in [1.29, 1.82) is 0 Å². The number of hydrogen-bond donors (Lipinski definition) is 1. The van der Waals surface area contributed by atoms with Crippen LogP contribution >= 0.6 is 22.7 Å². The molecule has 4 nitrogen and oxygen atoms in total. The number of rotatable bonds is 5. The second kappa shape index (κ2) is 7.30. The molecule has 0 bridgehead atoms. The maximum absolute atomic E-state index is 11.9. The number of anilines is 1. The molecule has 0 radical (unpaired) electrons. The van der Waals surface area contributed by atoms with Crippen LogP contribution < -0.4 is 5.32 Å². The van der Waals surface area contributed by atoms with Crippen LogP contribution in [0.5, 0.6) is 0 Å². The molecule has 0 atom stereocenters. The molecule has 3 aromatic rings. The van der Waals surface area contributed by atoms with E-state index in [1.165, 1.54) is 27.9 Å². The Bertz CT molecular complexity index is 821. The highest BCUT2D eigenvalue weighted by Crippen LogP contribution is 2.28. The summed E-state index contributed by atoms with van der Waals surface area (Å²) in [7, 11) is 0. The van der Waals surface area contributed by atoms with E-state index in [-0.39, 0.29) is 5.91 Å². The van der Waals surface area contributed by atoms with Gasteiger partial charge >= 0.3 is 0 Å². The fourth-order valence-electron chi connectivity index (χ4n) is 1.95. The molecule has 116 valence electrons. The lowest BCUT2D eigenvalue weighted by molar-refractivity contribution is -0.111. The Balaban J connectivity index is 1.63. The lowest BCUT2D eigenvalue weighted by Gasteiger charge is -1.95. The number of carbonyl (C=O) groups is 1. The summed E-state index contributed by atoms with van der Waals surface area (Å²) in [4.78, 5) is 14.1. The van der Waals surface area contributed by atoms with Crippen molar-refractivity contribution in [2.24, 2.45) is 0 Å². The van der Waals surface area contributed by atoms with E-state index in [4.69, 9.17) is 0 Å². The van der Waals surface area contributed by atoms with E-state index in [1.807, 2.05) is 37.3 Å². The molecule has 0 fully saturated rings. The van der Waals surface area contributed by atoms with Crippen molar-refractivity contribution in [2.75, 3.05) is 5.32 Å². The van der Waals surface area contributed by atoms with Crippen molar-refractivity contribution < 1.29 is 4.79 Å². The first-order valence-corrected chi connectivity index (χ1v) is 8.84. The standard InChI is InChI=1S/C17H15N3OS2/c1-2-16-19-20-17(23-16)18-15(21)11-9-13-8-10-14(22-13)12-6-4-3-5-7-12/h3-11H,2H2,1H3,(H,18,20,21). The summed E-state index contributed by atoms with van der Waals surface area (Å²) in [5.41, 5.74) is 1.18. The number of nitrogens with zero attached hydrogens (tertiary/aromatic N) is 2. The highest BCUT2D eigenvalue weighted by atomic mass is 32.1. The van der Waals surface area contributed by atoms with Gasteiger partial charge in [-0.1, -0.05) is 48.6 Å². The molecule has 2 aromatic heterocycles. The molecule has 2 heterocycles. The van der Waals surface area contributed by atoms with Gasteiger partial charge in [-0.2, -0.15) is 0 Å². The van der Waals surface area contributed by atoms with Crippen molar-refractivity contribution in [1.82, 2.24) is 10.2 Å². The lowest BCUT2D eigenvalue weighted by Crippen LogP contribution is -2.07. The minimum Gasteiger partial charge on any atom is -0.297 e. The molecule has 0 saturated carbocycles. The van der Waals surface area contributed by atoms with Gasteiger partial charge in [-0.3, -0.25) is 10.1 Å². The van der Waals surface area contributed by atoms with Crippen LogP contribution in [-0.2, 0) is 11.2 Å². The normalized spacial score (nSPS) is 11.0. The van der Waals surface area contributed by atoms with Crippen LogP contribution in [0.25, 0.3) is 16.5 Å². The number of aryl methyl sites for hydroxylation is 1. The van der Waals surface area contributed by atoms with Crippen LogP contribution in [0.15, 0.2) is 48.5 Å². The van der Waals surface area contributed by atoms with Gasteiger partial charge in [0.05, 0.1) is 0 Å². The zero-order chi connectivity index (χ0) is 16.1. The summed E-state index contributed by atoms with van der Waals surface area (Å²) in [5.74, 6) is -0.196. The van der Waals surface area contributed by atoms with Gasteiger partial charge in [0.15, 0.2) is 0 Å². The van der Waals surface area contributed by atoms with Crippen LogP contribution in [0.4, 0.5) is 5.13 Å². The quantitative estimate of drug-likeness (QED) is 0.696. The van der Waals surface area contributed by atoms with Crippen LogP contribution in [0, 0.1) is 0 Å².